The molecule has 0 spiro atoms. The minimum Gasteiger partial charge on any atom is -0.466 e. The van der Waals surface area contributed by atoms with Gasteiger partial charge in [-0.05, 0) is 35.6 Å². The van der Waals surface area contributed by atoms with E-state index in [1.54, 1.807) is 29.5 Å². The zero-order valence-electron chi connectivity index (χ0n) is 8.84. The molecule has 0 aliphatic rings. The molecule has 0 unspecified atom stereocenters. The predicted molar refractivity (Wildman–Crippen MR) is 62.3 cm³/mol. The molecule has 1 rings (SSSR count). The normalized spacial score (nSPS) is 11.4. The summed E-state index contributed by atoms with van der Waals surface area (Å²) in [5.74, 6) is -0.691. The van der Waals surface area contributed by atoms with Crippen molar-refractivity contribution in [2.45, 2.75) is 19.5 Å². The molecule has 0 aliphatic heterocycles. The molecule has 0 saturated carbocycles. The highest BCUT2D eigenvalue weighted by molar-refractivity contribution is 14.1. The summed E-state index contributed by atoms with van der Waals surface area (Å²) in [5.41, 5.74) is -0.982. The molecule has 0 radical (unpaired) electrons. The van der Waals surface area contributed by atoms with Crippen LogP contribution in [0.15, 0.2) is 12.3 Å². The monoisotopic (exact) mass is 359 g/mol. The molecule has 0 atom stereocenters. The molecule has 0 amide bonds. The summed E-state index contributed by atoms with van der Waals surface area (Å²) in [6.07, 6.45) is -3.85. The first-order valence-electron chi connectivity index (χ1n) is 4.72. The molecule has 0 fully saturated rings. The fourth-order valence-corrected chi connectivity index (χ4v) is 1.90. The van der Waals surface area contributed by atoms with Crippen LogP contribution in [0, 0.1) is 3.70 Å². The number of esters is 1. The Bertz CT molecular complexity index is 421. The van der Waals surface area contributed by atoms with Crippen LogP contribution < -0.4 is 0 Å². The SMILES string of the molecule is CCOC(=O)Cc1c(C(F)(F)F)ccnc1I. The van der Waals surface area contributed by atoms with E-state index in [1.165, 1.54) is 0 Å². The topological polar surface area (TPSA) is 39.2 Å². The third kappa shape index (κ3) is 3.83. The van der Waals surface area contributed by atoms with E-state index >= 15 is 0 Å². The van der Waals surface area contributed by atoms with Gasteiger partial charge in [0.2, 0.25) is 0 Å². The predicted octanol–water partition coefficient (Wildman–Crippen LogP) is 2.81. The van der Waals surface area contributed by atoms with Crippen LogP contribution >= 0.6 is 22.6 Å². The van der Waals surface area contributed by atoms with E-state index in [-0.39, 0.29) is 15.9 Å². The average molecular weight is 359 g/mol. The highest BCUT2D eigenvalue weighted by Gasteiger charge is 2.35. The Labute approximate surface area is 110 Å². The van der Waals surface area contributed by atoms with Crippen molar-refractivity contribution in [2.75, 3.05) is 6.61 Å². The molecule has 0 aliphatic carbocycles. The van der Waals surface area contributed by atoms with E-state index in [0.29, 0.717) is 0 Å². The Hall–Kier alpha value is -0.860. The standard InChI is InChI=1S/C10H9F3INO2/c1-2-17-8(16)5-6-7(10(11,12)13)3-4-15-9(6)14/h3-4H,2,5H2,1H3. The van der Waals surface area contributed by atoms with Crippen LogP contribution in [0.25, 0.3) is 0 Å². The number of ether oxygens (including phenoxy) is 1. The van der Waals surface area contributed by atoms with Crippen LogP contribution in [0.3, 0.4) is 0 Å². The Balaban J connectivity index is 3.09. The summed E-state index contributed by atoms with van der Waals surface area (Å²) >= 11 is 1.67. The summed E-state index contributed by atoms with van der Waals surface area (Å²) in [4.78, 5) is 15.0. The molecule has 0 bridgehead atoms. The number of aromatic nitrogens is 1. The van der Waals surface area contributed by atoms with Crippen LogP contribution in [0.4, 0.5) is 13.2 Å². The lowest BCUT2D eigenvalue weighted by Crippen LogP contribution is -2.16. The summed E-state index contributed by atoms with van der Waals surface area (Å²) in [5, 5.41) is 0. The van der Waals surface area contributed by atoms with E-state index < -0.39 is 24.1 Å². The number of alkyl halides is 3. The first-order valence-corrected chi connectivity index (χ1v) is 5.80. The van der Waals surface area contributed by atoms with E-state index in [4.69, 9.17) is 0 Å². The Morgan fingerprint density at radius 2 is 2.18 bits per heavy atom. The Kier molecular flexibility index (Phi) is 4.72. The van der Waals surface area contributed by atoms with E-state index in [1.807, 2.05) is 0 Å². The van der Waals surface area contributed by atoms with Gasteiger partial charge in [0.1, 0.15) is 3.70 Å². The zero-order valence-corrected chi connectivity index (χ0v) is 11.0. The van der Waals surface area contributed by atoms with Gasteiger partial charge in [-0.2, -0.15) is 13.2 Å². The number of carbonyl (C=O) groups excluding carboxylic acids is 1. The third-order valence-corrected chi connectivity index (χ3v) is 2.86. The summed E-state index contributed by atoms with van der Waals surface area (Å²) < 4.78 is 42.8. The van der Waals surface area contributed by atoms with Crippen LogP contribution in [0.1, 0.15) is 18.1 Å². The highest BCUT2D eigenvalue weighted by Crippen LogP contribution is 2.33. The van der Waals surface area contributed by atoms with Gasteiger partial charge in [0.05, 0.1) is 18.6 Å². The van der Waals surface area contributed by atoms with Gasteiger partial charge in [0.25, 0.3) is 0 Å². The second-order valence-corrected chi connectivity index (χ2v) is 4.13. The van der Waals surface area contributed by atoms with Gasteiger partial charge in [-0.15, -0.1) is 0 Å². The second kappa shape index (κ2) is 5.65. The van der Waals surface area contributed by atoms with Crippen LogP contribution in [0.5, 0.6) is 0 Å². The number of halogens is 4. The van der Waals surface area contributed by atoms with Crippen molar-refractivity contribution in [1.29, 1.82) is 0 Å². The molecular formula is C10H9F3INO2. The Morgan fingerprint density at radius 3 is 2.71 bits per heavy atom. The van der Waals surface area contributed by atoms with Crippen molar-refractivity contribution in [3.05, 3.63) is 27.1 Å². The molecule has 1 heterocycles. The first kappa shape index (κ1) is 14.2. The molecular weight excluding hydrogens is 350 g/mol. The molecule has 17 heavy (non-hydrogen) atoms. The number of nitrogens with zero attached hydrogens (tertiary/aromatic N) is 1. The lowest BCUT2D eigenvalue weighted by molar-refractivity contribution is -0.143. The molecule has 7 heteroatoms. The lowest BCUT2D eigenvalue weighted by Gasteiger charge is -2.13. The second-order valence-electron chi connectivity index (χ2n) is 3.11. The summed E-state index contributed by atoms with van der Waals surface area (Å²) in [6, 6.07) is 0.858. The van der Waals surface area contributed by atoms with Crippen LogP contribution in [-0.2, 0) is 22.1 Å². The maximum Gasteiger partial charge on any atom is 0.416 e. The summed E-state index contributed by atoms with van der Waals surface area (Å²) in [7, 11) is 0. The van der Waals surface area contributed by atoms with Gasteiger partial charge >= 0.3 is 12.1 Å². The van der Waals surface area contributed by atoms with Crippen molar-refractivity contribution >= 4 is 28.6 Å². The smallest absolute Gasteiger partial charge is 0.416 e. The van der Waals surface area contributed by atoms with E-state index in [0.717, 1.165) is 12.3 Å². The minimum absolute atomic E-state index is 0.136. The number of pyridine rings is 1. The van der Waals surface area contributed by atoms with Crippen LogP contribution in [-0.4, -0.2) is 17.6 Å². The van der Waals surface area contributed by atoms with Gasteiger partial charge in [0, 0.05) is 11.8 Å². The molecule has 0 N–H and O–H groups in total. The number of rotatable bonds is 3. The van der Waals surface area contributed by atoms with Gasteiger partial charge in [-0.3, -0.25) is 4.79 Å². The van der Waals surface area contributed by atoms with Gasteiger partial charge < -0.3 is 4.74 Å². The quantitative estimate of drug-likeness (QED) is 0.473. The van der Waals surface area contributed by atoms with Gasteiger partial charge in [-0.25, -0.2) is 4.98 Å². The molecule has 1 aromatic rings. The maximum atomic E-state index is 12.7. The lowest BCUT2D eigenvalue weighted by atomic mass is 10.1. The largest absolute Gasteiger partial charge is 0.466 e. The van der Waals surface area contributed by atoms with Crippen LogP contribution in [0.2, 0.25) is 0 Å². The molecule has 1 aromatic heterocycles. The van der Waals surface area contributed by atoms with Crippen molar-refractivity contribution in [2.24, 2.45) is 0 Å². The maximum absolute atomic E-state index is 12.7. The van der Waals surface area contributed by atoms with Crippen molar-refractivity contribution < 1.29 is 22.7 Å². The molecule has 3 nitrogen and oxygen atoms in total. The fourth-order valence-electron chi connectivity index (χ4n) is 1.26. The van der Waals surface area contributed by atoms with Gasteiger partial charge in [0.15, 0.2) is 0 Å². The van der Waals surface area contributed by atoms with Crippen molar-refractivity contribution in [1.82, 2.24) is 4.98 Å². The Morgan fingerprint density at radius 1 is 1.53 bits per heavy atom. The molecule has 94 valence electrons. The van der Waals surface area contributed by atoms with E-state index in [2.05, 4.69) is 9.72 Å². The highest BCUT2D eigenvalue weighted by atomic mass is 127. The first-order chi connectivity index (χ1) is 7.86. The minimum atomic E-state index is -4.50. The number of hydrogen-bond donors (Lipinski definition) is 0. The molecule has 0 aromatic carbocycles. The summed E-state index contributed by atoms with van der Waals surface area (Å²) in [6.45, 7) is 1.73. The third-order valence-electron chi connectivity index (χ3n) is 1.94. The van der Waals surface area contributed by atoms with Gasteiger partial charge in [-0.1, -0.05) is 0 Å². The fraction of sp³-hybridized carbons (Fsp3) is 0.400. The molecule has 0 saturated heterocycles. The number of carbonyl (C=O) groups is 1. The average Bonchev–Trinajstić information content (AvgIpc) is 2.19. The van der Waals surface area contributed by atoms with Crippen molar-refractivity contribution in [3.63, 3.8) is 0 Å². The van der Waals surface area contributed by atoms with E-state index in [9.17, 15) is 18.0 Å². The zero-order chi connectivity index (χ0) is 13.1. The van der Waals surface area contributed by atoms with Crippen molar-refractivity contribution in [3.8, 4) is 0 Å². The number of hydrogen-bond acceptors (Lipinski definition) is 3.